The van der Waals surface area contributed by atoms with Gasteiger partial charge in [0, 0.05) is 25.6 Å². The first kappa shape index (κ1) is 22.2. The smallest absolute Gasteiger partial charge is 0.246 e. The second kappa shape index (κ2) is 8.09. The number of carbonyl (C=O) groups is 4. The summed E-state index contributed by atoms with van der Waals surface area (Å²) >= 11 is 0. The molecule has 2 aliphatic heterocycles. The lowest BCUT2D eigenvalue weighted by atomic mass is 9.94. The number of hydrogen-bond acceptors (Lipinski definition) is 4. The predicted octanol–water partition coefficient (Wildman–Crippen LogP) is 0.655. The van der Waals surface area contributed by atoms with E-state index in [9.17, 15) is 19.2 Å². The van der Waals surface area contributed by atoms with E-state index in [0.717, 1.165) is 12.8 Å². The molecule has 0 radical (unpaired) electrons. The lowest BCUT2D eigenvalue weighted by Crippen LogP contribution is -2.59. The summed E-state index contributed by atoms with van der Waals surface area (Å²) in [5.41, 5.74) is -1.62. The fourth-order valence-electron chi connectivity index (χ4n) is 3.95. The van der Waals surface area contributed by atoms with Crippen LogP contribution < -0.4 is 10.6 Å². The highest BCUT2D eigenvalue weighted by molar-refractivity contribution is 5.96. The Labute approximate surface area is 167 Å². The molecule has 0 unspecified atom stereocenters. The summed E-state index contributed by atoms with van der Waals surface area (Å²) in [4.78, 5) is 54.0. The Kier molecular flexibility index (Phi) is 6.41. The van der Waals surface area contributed by atoms with Gasteiger partial charge in [0.05, 0.1) is 0 Å². The minimum absolute atomic E-state index is 0.0377. The van der Waals surface area contributed by atoms with Crippen molar-refractivity contribution in [2.75, 3.05) is 20.1 Å². The normalized spacial score (nSPS) is 22.9. The first-order chi connectivity index (χ1) is 12.9. The molecule has 158 valence electrons. The van der Waals surface area contributed by atoms with Gasteiger partial charge in [0.1, 0.15) is 17.6 Å². The van der Waals surface area contributed by atoms with Gasteiger partial charge in [-0.25, -0.2) is 0 Å². The monoisotopic (exact) mass is 394 g/mol. The Morgan fingerprint density at radius 2 is 1.39 bits per heavy atom. The molecule has 2 saturated heterocycles. The van der Waals surface area contributed by atoms with Gasteiger partial charge in [-0.15, -0.1) is 0 Å². The van der Waals surface area contributed by atoms with Crippen LogP contribution in [0.3, 0.4) is 0 Å². The first-order valence-corrected chi connectivity index (χ1v) is 10.1. The highest BCUT2D eigenvalue weighted by atomic mass is 16.2. The number of nitrogens with zero attached hydrogens (tertiary/aromatic N) is 2. The molecule has 0 spiro atoms. The maximum absolute atomic E-state index is 13.2. The summed E-state index contributed by atoms with van der Waals surface area (Å²) < 4.78 is 0. The quantitative estimate of drug-likeness (QED) is 0.732. The zero-order valence-electron chi connectivity index (χ0n) is 17.9. The van der Waals surface area contributed by atoms with Crippen molar-refractivity contribution >= 4 is 23.6 Å². The number of rotatable bonds is 4. The van der Waals surface area contributed by atoms with Crippen LogP contribution >= 0.6 is 0 Å². The summed E-state index contributed by atoms with van der Waals surface area (Å²) in [6.07, 6.45) is 2.69. The Bertz CT molecular complexity index is 653. The largest absolute Gasteiger partial charge is 0.357 e. The van der Waals surface area contributed by atoms with E-state index in [1.807, 2.05) is 20.8 Å². The van der Waals surface area contributed by atoms with Crippen LogP contribution in [0.1, 0.15) is 60.3 Å². The van der Waals surface area contributed by atoms with Crippen molar-refractivity contribution in [1.29, 1.82) is 0 Å². The summed E-state index contributed by atoms with van der Waals surface area (Å²) in [5.74, 6) is -0.824. The molecule has 2 atom stereocenters. The molecule has 0 saturated carbocycles. The standard InChI is InChI=1S/C20H34N4O4/c1-19(2,3)18(28)24-12-8-10-14(24)16(26)23-11-7-9-13(23)15(25)22-20(4,5)17(27)21-6/h13-14H,7-12H2,1-6H3,(H,21,27)(H,22,25)/t13-,14-/m0/s1. The molecule has 2 heterocycles. The van der Waals surface area contributed by atoms with Gasteiger partial charge in [-0.05, 0) is 39.5 Å². The lowest BCUT2D eigenvalue weighted by Gasteiger charge is -2.34. The van der Waals surface area contributed by atoms with E-state index in [2.05, 4.69) is 10.6 Å². The Morgan fingerprint density at radius 3 is 1.93 bits per heavy atom. The van der Waals surface area contributed by atoms with Gasteiger partial charge in [0.15, 0.2) is 0 Å². The fourth-order valence-corrected chi connectivity index (χ4v) is 3.95. The molecule has 0 aliphatic carbocycles. The minimum atomic E-state index is -1.06. The van der Waals surface area contributed by atoms with Gasteiger partial charge in [0.25, 0.3) is 0 Å². The molecular formula is C20H34N4O4. The molecular weight excluding hydrogens is 360 g/mol. The van der Waals surface area contributed by atoms with Gasteiger partial charge < -0.3 is 20.4 Å². The lowest BCUT2D eigenvalue weighted by molar-refractivity contribution is -0.150. The molecule has 0 aromatic carbocycles. The Morgan fingerprint density at radius 1 is 0.857 bits per heavy atom. The molecule has 2 aliphatic rings. The number of hydrogen-bond donors (Lipinski definition) is 2. The molecule has 0 aromatic rings. The molecule has 2 fully saturated rings. The van der Waals surface area contributed by atoms with E-state index >= 15 is 0 Å². The van der Waals surface area contributed by atoms with E-state index in [-0.39, 0.29) is 23.6 Å². The summed E-state index contributed by atoms with van der Waals surface area (Å²) in [7, 11) is 1.52. The maximum atomic E-state index is 13.2. The fraction of sp³-hybridized carbons (Fsp3) is 0.800. The predicted molar refractivity (Wildman–Crippen MR) is 105 cm³/mol. The second-order valence-corrected chi connectivity index (χ2v) is 9.29. The number of amides is 4. The summed E-state index contributed by atoms with van der Waals surface area (Å²) in [6, 6.07) is -1.12. The van der Waals surface area contributed by atoms with Crippen molar-refractivity contribution in [1.82, 2.24) is 20.4 Å². The Hall–Kier alpha value is -2.12. The topological polar surface area (TPSA) is 98.8 Å². The van der Waals surface area contributed by atoms with Crippen LogP contribution in [0.15, 0.2) is 0 Å². The average molecular weight is 395 g/mol. The molecule has 8 heteroatoms. The van der Waals surface area contributed by atoms with Gasteiger partial charge in [-0.3, -0.25) is 19.2 Å². The van der Waals surface area contributed by atoms with E-state index in [0.29, 0.717) is 25.9 Å². The molecule has 2 N–H and O–H groups in total. The van der Waals surface area contributed by atoms with E-state index in [1.165, 1.54) is 7.05 Å². The second-order valence-electron chi connectivity index (χ2n) is 9.29. The third-order valence-corrected chi connectivity index (χ3v) is 5.51. The van der Waals surface area contributed by atoms with Crippen LogP contribution in [0.5, 0.6) is 0 Å². The van der Waals surface area contributed by atoms with Crippen LogP contribution in [-0.2, 0) is 19.2 Å². The zero-order valence-corrected chi connectivity index (χ0v) is 17.9. The van der Waals surface area contributed by atoms with Crippen LogP contribution in [-0.4, -0.2) is 71.2 Å². The Balaban J connectivity index is 2.13. The molecule has 4 amide bonds. The molecule has 2 rings (SSSR count). The summed E-state index contributed by atoms with van der Waals surface area (Å²) in [5, 5.41) is 5.29. The average Bonchev–Trinajstić information content (AvgIpc) is 3.27. The van der Waals surface area contributed by atoms with Gasteiger partial charge in [-0.2, -0.15) is 0 Å². The van der Waals surface area contributed by atoms with Crippen molar-refractivity contribution in [3.8, 4) is 0 Å². The van der Waals surface area contributed by atoms with Crippen LogP contribution in [0.2, 0.25) is 0 Å². The van der Waals surface area contributed by atoms with Crippen molar-refractivity contribution < 1.29 is 19.2 Å². The van der Waals surface area contributed by atoms with Crippen LogP contribution in [0.25, 0.3) is 0 Å². The molecule has 8 nitrogen and oxygen atoms in total. The minimum Gasteiger partial charge on any atom is -0.357 e. The number of carbonyl (C=O) groups excluding carboxylic acids is 4. The third-order valence-electron chi connectivity index (χ3n) is 5.51. The van der Waals surface area contributed by atoms with E-state index < -0.39 is 23.0 Å². The van der Waals surface area contributed by atoms with Crippen molar-refractivity contribution in [2.45, 2.75) is 77.9 Å². The van der Waals surface area contributed by atoms with Crippen LogP contribution in [0.4, 0.5) is 0 Å². The molecule has 0 bridgehead atoms. The number of likely N-dealkylation sites (tertiary alicyclic amines) is 2. The SMILES string of the molecule is CNC(=O)C(C)(C)NC(=O)[C@@H]1CCCN1C(=O)[C@@H]1CCCN1C(=O)C(C)(C)C. The first-order valence-electron chi connectivity index (χ1n) is 10.1. The highest BCUT2D eigenvalue weighted by Gasteiger charge is 2.44. The highest BCUT2D eigenvalue weighted by Crippen LogP contribution is 2.29. The maximum Gasteiger partial charge on any atom is 0.246 e. The van der Waals surface area contributed by atoms with E-state index in [1.54, 1.807) is 23.6 Å². The molecule has 0 aromatic heterocycles. The van der Waals surface area contributed by atoms with Crippen molar-refractivity contribution in [3.05, 3.63) is 0 Å². The zero-order chi connectivity index (χ0) is 21.3. The van der Waals surface area contributed by atoms with Gasteiger partial charge in [-0.1, -0.05) is 20.8 Å². The number of nitrogens with one attached hydrogen (secondary N) is 2. The number of likely N-dealkylation sites (N-methyl/N-ethyl adjacent to an activating group) is 1. The van der Waals surface area contributed by atoms with Gasteiger partial charge >= 0.3 is 0 Å². The van der Waals surface area contributed by atoms with Gasteiger partial charge in [0.2, 0.25) is 23.6 Å². The van der Waals surface area contributed by atoms with Crippen molar-refractivity contribution in [3.63, 3.8) is 0 Å². The van der Waals surface area contributed by atoms with Crippen LogP contribution in [0, 0.1) is 5.41 Å². The van der Waals surface area contributed by atoms with E-state index in [4.69, 9.17) is 0 Å². The summed E-state index contributed by atoms with van der Waals surface area (Å²) in [6.45, 7) is 9.87. The molecule has 28 heavy (non-hydrogen) atoms. The van der Waals surface area contributed by atoms with Crippen molar-refractivity contribution in [2.24, 2.45) is 5.41 Å². The third kappa shape index (κ3) is 4.47.